The molecule has 3 heterocycles. The highest BCUT2D eigenvalue weighted by atomic mass is 19.1. The summed E-state index contributed by atoms with van der Waals surface area (Å²) in [6, 6.07) is 17.1. The Morgan fingerprint density at radius 2 is 1.87 bits per heavy atom. The number of aromatic hydroxyl groups is 1. The number of anilines is 1. The molecule has 2 fully saturated rings. The molecule has 4 aliphatic rings. The number of H-pyrrole nitrogens is 1. The lowest BCUT2D eigenvalue weighted by molar-refractivity contribution is -0.0647. The van der Waals surface area contributed by atoms with Crippen molar-refractivity contribution in [2.24, 2.45) is 24.3 Å². The first-order valence-electron chi connectivity index (χ1n) is 19.6. The van der Waals surface area contributed by atoms with Gasteiger partial charge in [-0.25, -0.2) is 14.5 Å². The molecule has 9 rings (SSSR count). The average molecular weight is 717 g/mol. The van der Waals surface area contributed by atoms with E-state index in [-0.39, 0.29) is 22.8 Å². The first-order chi connectivity index (χ1) is 25.8. The molecule has 0 bridgehead atoms. The molecule has 2 saturated carbocycles. The van der Waals surface area contributed by atoms with Gasteiger partial charge in [-0.2, -0.15) is 10.2 Å². The van der Waals surface area contributed by atoms with Gasteiger partial charge < -0.3 is 15.2 Å². The summed E-state index contributed by atoms with van der Waals surface area (Å²) in [5.74, 6) is 2.41. The van der Waals surface area contributed by atoms with Crippen molar-refractivity contribution in [3.05, 3.63) is 111 Å². The molecule has 3 aromatic carbocycles. The second-order valence-electron chi connectivity index (χ2n) is 16.3. The maximum Gasteiger partial charge on any atom is 0.272 e. The number of rotatable bonds is 10. The van der Waals surface area contributed by atoms with Crippen LogP contribution in [0.25, 0.3) is 10.8 Å². The van der Waals surface area contributed by atoms with E-state index in [1.165, 1.54) is 80.1 Å². The number of phenols is 1. The molecule has 53 heavy (non-hydrogen) atoms. The molecular formula is C43H49FN6O3. The summed E-state index contributed by atoms with van der Waals surface area (Å²) in [5.41, 5.74) is 6.23. The van der Waals surface area contributed by atoms with Crippen molar-refractivity contribution in [3.8, 4) is 5.75 Å². The summed E-state index contributed by atoms with van der Waals surface area (Å²) in [5, 5.41) is 25.8. The monoisotopic (exact) mass is 716 g/mol. The number of unbranched alkanes of at least 4 members (excludes halogenated alkanes) is 3. The lowest BCUT2D eigenvalue weighted by Gasteiger charge is -2.50. The van der Waals surface area contributed by atoms with Gasteiger partial charge in [-0.15, -0.1) is 0 Å². The number of hydrogen-bond donors (Lipinski definition) is 3. The fourth-order valence-electron chi connectivity index (χ4n) is 10.9. The Labute approximate surface area is 309 Å². The minimum atomic E-state index is -0.473. The maximum atomic E-state index is 14.6. The van der Waals surface area contributed by atoms with E-state index in [0.717, 1.165) is 49.7 Å². The number of phenolic OH excluding ortho intramolecular Hbond substituents is 1. The van der Waals surface area contributed by atoms with Crippen LogP contribution in [0.4, 0.5) is 10.1 Å². The lowest BCUT2D eigenvalue weighted by atomic mass is 9.55. The average Bonchev–Trinajstić information content (AvgIpc) is 3.74. The zero-order chi connectivity index (χ0) is 36.3. The third-order valence-electron chi connectivity index (χ3n) is 13.5. The maximum absolute atomic E-state index is 14.6. The molecule has 0 spiro atoms. The molecule has 5 aromatic rings. The van der Waals surface area contributed by atoms with Crippen LogP contribution in [0.3, 0.4) is 0 Å². The molecule has 1 unspecified atom stereocenters. The molecule has 2 aromatic heterocycles. The van der Waals surface area contributed by atoms with Crippen molar-refractivity contribution in [1.29, 1.82) is 0 Å². The summed E-state index contributed by atoms with van der Waals surface area (Å²) < 4.78 is 23.1. The minimum absolute atomic E-state index is 0.267. The van der Waals surface area contributed by atoms with Crippen LogP contribution >= 0.6 is 0 Å². The molecule has 276 valence electrons. The highest BCUT2D eigenvalue weighted by molar-refractivity contribution is 5.97. The normalized spacial score (nSPS) is 27.2. The number of ether oxygens (including phenoxy) is 1. The number of benzene rings is 3. The predicted octanol–water partition coefficient (Wildman–Crippen LogP) is 8.24. The second-order valence-corrected chi connectivity index (χ2v) is 16.3. The van der Waals surface area contributed by atoms with Crippen molar-refractivity contribution >= 4 is 16.5 Å². The quantitative estimate of drug-likeness (QED) is 0.125. The molecule has 1 aliphatic heterocycles. The van der Waals surface area contributed by atoms with Gasteiger partial charge in [-0.05, 0) is 127 Å². The Hall–Kier alpha value is -4.57. The van der Waals surface area contributed by atoms with Crippen molar-refractivity contribution in [1.82, 2.24) is 25.0 Å². The third-order valence-corrected chi connectivity index (χ3v) is 13.5. The summed E-state index contributed by atoms with van der Waals surface area (Å²) in [6.07, 6.45) is 14.7. The van der Waals surface area contributed by atoms with E-state index in [4.69, 9.17) is 4.74 Å². The van der Waals surface area contributed by atoms with Crippen molar-refractivity contribution < 1.29 is 14.2 Å². The van der Waals surface area contributed by atoms with Gasteiger partial charge in [0.25, 0.3) is 5.56 Å². The van der Waals surface area contributed by atoms with Crippen LogP contribution < -0.4 is 10.9 Å². The molecule has 0 saturated heterocycles. The topological polar surface area (TPSA) is 118 Å². The van der Waals surface area contributed by atoms with E-state index in [1.807, 2.05) is 19.2 Å². The Morgan fingerprint density at radius 1 is 1.02 bits per heavy atom. The number of aromatic nitrogens is 5. The number of halogens is 1. The summed E-state index contributed by atoms with van der Waals surface area (Å²) in [7, 11) is 1.84. The summed E-state index contributed by atoms with van der Waals surface area (Å²) >= 11 is 0. The van der Waals surface area contributed by atoms with Crippen molar-refractivity contribution in [2.45, 2.75) is 102 Å². The van der Waals surface area contributed by atoms with Gasteiger partial charge in [0, 0.05) is 24.7 Å². The molecule has 0 amide bonds. The van der Waals surface area contributed by atoms with Gasteiger partial charge >= 0.3 is 0 Å². The number of nitrogens with zero attached hydrogens (tertiary/aromatic N) is 4. The molecule has 3 aliphatic carbocycles. The number of aromatic amines is 1. The third kappa shape index (κ3) is 6.03. The minimum Gasteiger partial charge on any atom is -0.508 e. The largest absolute Gasteiger partial charge is 0.508 e. The number of hydrogen-bond acceptors (Lipinski definition) is 7. The van der Waals surface area contributed by atoms with Crippen LogP contribution in [0, 0.1) is 23.1 Å². The van der Waals surface area contributed by atoms with Crippen LogP contribution in [0.5, 0.6) is 5.75 Å². The molecule has 10 heteroatoms. The molecule has 0 radical (unpaired) electrons. The van der Waals surface area contributed by atoms with Gasteiger partial charge in [0.2, 0.25) is 0 Å². The first kappa shape index (κ1) is 34.2. The van der Waals surface area contributed by atoms with E-state index in [9.17, 15) is 14.3 Å². The van der Waals surface area contributed by atoms with Gasteiger partial charge in [-0.3, -0.25) is 9.48 Å². The van der Waals surface area contributed by atoms with Crippen molar-refractivity contribution in [3.63, 3.8) is 0 Å². The molecule has 7 atom stereocenters. The number of aryl methyl sites for hydroxylation is 3. The number of fused-ring (bicyclic) bond motifs is 5. The highest BCUT2D eigenvalue weighted by Gasteiger charge is 2.55. The van der Waals surface area contributed by atoms with Gasteiger partial charge in [0.15, 0.2) is 0 Å². The first-order valence-corrected chi connectivity index (χ1v) is 19.6. The van der Waals surface area contributed by atoms with Crippen LogP contribution in [0.15, 0.2) is 65.7 Å². The van der Waals surface area contributed by atoms with E-state index >= 15 is 0 Å². The molecule has 9 nitrogen and oxygen atoms in total. The number of nitrogens with one attached hydrogen (secondary N) is 2. The van der Waals surface area contributed by atoms with E-state index in [0.29, 0.717) is 40.4 Å². The predicted molar refractivity (Wildman–Crippen MR) is 203 cm³/mol. The Morgan fingerprint density at radius 3 is 2.70 bits per heavy atom. The zero-order valence-corrected chi connectivity index (χ0v) is 30.7. The van der Waals surface area contributed by atoms with E-state index in [2.05, 4.69) is 62.9 Å². The summed E-state index contributed by atoms with van der Waals surface area (Å²) in [6.45, 7) is 3.36. The standard InChI is InChI=1S/C43H49FN6O3/c1-43-19-18-31-30-15-13-29(51)21-27(30)12-14-32(31)34(43)16-17-36(43)53-20-6-4-3-5-7-25-8-10-26(11-9-25)39-38(41-45-24-46-50(41)2)40-37-33(42(52)49-48-40)22-28(44)23-35(37)47-39/h8-11,13,15,21-24,31-32,34,36,38-39,47,51H,3-7,12,14,16-20H2,1-2H3,(H,49,52)/t31-,32-,34+,36?,38-,39-,43+/m1/s1. The van der Waals surface area contributed by atoms with Crippen molar-refractivity contribution in [2.75, 3.05) is 11.9 Å². The van der Waals surface area contributed by atoms with Gasteiger partial charge in [0.05, 0.1) is 29.1 Å². The Kier molecular flexibility index (Phi) is 8.84. The Balaban J connectivity index is 0.780. The van der Waals surface area contributed by atoms with E-state index in [1.54, 1.807) is 4.68 Å². The fourth-order valence-corrected chi connectivity index (χ4v) is 10.9. The van der Waals surface area contributed by atoms with Gasteiger partial charge in [-0.1, -0.05) is 50.1 Å². The molecular weight excluding hydrogens is 668 g/mol. The summed E-state index contributed by atoms with van der Waals surface area (Å²) in [4.78, 5) is 17.2. The van der Waals surface area contributed by atoms with Crippen LogP contribution in [-0.4, -0.2) is 42.8 Å². The van der Waals surface area contributed by atoms with E-state index < -0.39 is 11.4 Å². The van der Waals surface area contributed by atoms with Gasteiger partial charge in [0.1, 0.15) is 23.7 Å². The fraction of sp³-hybridized carbons (Fsp3) is 0.488. The highest BCUT2D eigenvalue weighted by Crippen LogP contribution is 2.61. The molecule has 3 N–H and O–H groups in total. The zero-order valence-electron chi connectivity index (χ0n) is 30.7. The van der Waals surface area contributed by atoms with Crippen LogP contribution in [0.1, 0.15) is 116 Å². The second kappa shape index (κ2) is 13.7. The smallest absolute Gasteiger partial charge is 0.272 e. The van der Waals surface area contributed by atoms with Crippen LogP contribution in [0.2, 0.25) is 0 Å². The lowest BCUT2D eigenvalue weighted by Crippen LogP contribution is -2.44. The van der Waals surface area contributed by atoms with Crippen LogP contribution in [-0.2, 0) is 24.6 Å². The Bertz CT molecular complexity index is 2200. The SMILES string of the molecule is Cn1ncnc1[C@H]1c2n[nH]c(=O)c3cc(F)cc(c23)N[C@@H]1c1ccc(CCCCCCOC2CC[C@H]3[C@@H]4CCc5cc(O)ccc5[C@H]4CC[C@]23C)cc1.